The normalized spacial score (nSPS) is 14.3. The highest BCUT2D eigenvalue weighted by Gasteiger charge is 2.13. The van der Waals surface area contributed by atoms with Crippen LogP contribution in [0.1, 0.15) is 44.5 Å². The van der Waals surface area contributed by atoms with Crippen LogP contribution in [0.2, 0.25) is 0 Å². The van der Waals surface area contributed by atoms with Gasteiger partial charge in [0.1, 0.15) is 0 Å². The summed E-state index contributed by atoms with van der Waals surface area (Å²) in [4.78, 5) is 4.58. The molecule has 0 saturated carbocycles. The minimum absolute atomic E-state index is 0.416. The molecule has 0 aliphatic carbocycles. The molecule has 21 heavy (non-hydrogen) atoms. The van der Waals surface area contributed by atoms with E-state index in [4.69, 9.17) is 0 Å². The standard InChI is InChI=1S/C18H26N2S/c1-5-14(4)21-12-18(19-6-2)16-9-10-17-15(11-16)8-7-13(3)20-17/h7-11,14,18-19H,5-6,12H2,1-4H3. The number of thioether (sulfide) groups is 1. The number of nitrogens with zero attached hydrogens (tertiary/aromatic N) is 1. The van der Waals surface area contributed by atoms with Crippen molar-refractivity contribution in [2.24, 2.45) is 0 Å². The van der Waals surface area contributed by atoms with Crippen molar-refractivity contribution < 1.29 is 0 Å². The van der Waals surface area contributed by atoms with Gasteiger partial charge >= 0.3 is 0 Å². The first-order chi connectivity index (χ1) is 10.1. The molecule has 0 fully saturated rings. The van der Waals surface area contributed by atoms with Gasteiger partial charge in [-0.3, -0.25) is 4.98 Å². The van der Waals surface area contributed by atoms with Crippen LogP contribution in [-0.2, 0) is 0 Å². The Morgan fingerprint density at radius 3 is 2.71 bits per heavy atom. The van der Waals surface area contributed by atoms with Crippen molar-refractivity contribution in [3.63, 3.8) is 0 Å². The summed E-state index contributed by atoms with van der Waals surface area (Å²) in [7, 11) is 0. The van der Waals surface area contributed by atoms with Crippen molar-refractivity contribution in [1.29, 1.82) is 0 Å². The maximum atomic E-state index is 4.58. The number of pyridine rings is 1. The molecule has 0 radical (unpaired) electrons. The SMILES string of the molecule is CCNC(CSC(C)CC)c1ccc2nc(C)ccc2c1. The third kappa shape index (κ3) is 4.45. The summed E-state index contributed by atoms with van der Waals surface area (Å²) in [5, 5.41) is 5.56. The van der Waals surface area contributed by atoms with Crippen LogP contribution in [0.15, 0.2) is 30.3 Å². The second-order valence-corrected chi connectivity index (χ2v) is 7.04. The van der Waals surface area contributed by atoms with E-state index in [9.17, 15) is 0 Å². The van der Waals surface area contributed by atoms with Gasteiger partial charge in [0.2, 0.25) is 0 Å². The van der Waals surface area contributed by atoms with Gasteiger partial charge in [-0.05, 0) is 43.7 Å². The van der Waals surface area contributed by atoms with E-state index in [2.05, 4.69) is 61.4 Å². The lowest BCUT2D eigenvalue weighted by atomic mass is 10.0. The summed E-state index contributed by atoms with van der Waals surface area (Å²) >= 11 is 2.05. The molecule has 1 heterocycles. The van der Waals surface area contributed by atoms with E-state index in [1.165, 1.54) is 17.4 Å². The van der Waals surface area contributed by atoms with Gasteiger partial charge in [0, 0.05) is 28.1 Å². The smallest absolute Gasteiger partial charge is 0.0705 e. The summed E-state index contributed by atoms with van der Waals surface area (Å²) in [6.45, 7) is 9.77. The van der Waals surface area contributed by atoms with Crippen LogP contribution in [0.4, 0.5) is 0 Å². The molecule has 2 nitrogen and oxygen atoms in total. The second kappa shape index (κ2) is 7.81. The van der Waals surface area contributed by atoms with E-state index < -0.39 is 0 Å². The zero-order valence-corrected chi connectivity index (χ0v) is 14.3. The van der Waals surface area contributed by atoms with Crippen molar-refractivity contribution >= 4 is 22.7 Å². The number of benzene rings is 1. The van der Waals surface area contributed by atoms with E-state index >= 15 is 0 Å². The molecule has 1 aromatic heterocycles. The van der Waals surface area contributed by atoms with Gasteiger partial charge in [-0.2, -0.15) is 11.8 Å². The average Bonchev–Trinajstić information content (AvgIpc) is 2.50. The predicted octanol–water partition coefficient (Wildman–Crippen LogP) is 4.73. The average molecular weight is 302 g/mol. The molecule has 114 valence electrons. The number of nitrogens with one attached hydrogen (secondary N) is 1. The Balaban J connectivity index is 2.20. The molecule has 0 spiro atoms. The summed E-state index contributed by atoms with van der Waals surface area (Å²) in [5.74, 6) is 1.12. The van der Waals surface area contributed by atoms with E-state index in [-0.39, 0.29) is 0 Å². The summed E-state index contributed by atoms with van der Waals surface area (Å²) in [6, 6.07) is 11.3. The van der Waals surface area contributed by atoms with Gasteiger partial charge in [-0.1, -0.05) is 32.9 Å². The molecule has 3 heteroatoms. The fraction of sp³-hybridized carbons (Fsp3) is 0.500. The highest BCUT2D eigenvalue weighted by molar-refractivity contribution is 7.99. The Bertz CT molecular complexity index is 582. The van der Waals surface area contributed by atoms with Crippen molar-refractivity contribution in [3.05, 3.63) is 41.6 Å². The molecule has 2 atom stereocenters. The summed E-state index contributed by atoms with van der Waals surface area (Å²) < 4.78 is 0. The predicted molar refractivity (Wildman–Crippen MR) is 95.1 cm³/mol. The Morgan fingerprint density at radius 2 is 2.00 bits per heavy atom. The number of aryl methyl sites for hydroxylation is 1. The third-order valence-corrected chi connectivity index (χ3v) is 5.26. The van der Waals surface area contributed by atoms with Crippen LogP contribution in [0.3, 0.4) is 0 Å². The Kier molecular flexibility index (Phi) is 6.07. The second-order valence-electron chi connectivity index (χ2n) is 5.57. The quantitative estimate of drug-likeness (QED) is 0.800. The van der Waals surface area contributed by atoms with Crippen molar-refractivity contribution in [3.8, 4) is 0 Å². The van der Waals surface area contributed by atoms with Crippen LogP contribution < -0.4 is 5.32 Å². The first-order valence-electron chi connectivity index (χ1n) is 7.86. The van der Waals surface area contributed by atoms with Crippen LogP contribution in [0.25, 0.3) is 10.9 Å². The fourth-order valence-corrected chi connectivity index (χ4v) is 3.43. The molecular weight excluding hydrogens is 276 g/mol. The largest absolute Gasteiger partial charge is 0.310 e. The van der Waals surface area contributed by atoms with Crippen LogP contribution >= 0.6 is 11.8 Å². The molecule has 0 aliphatic heterocycles. The maximum absolute atomic E-state index is 4.58. The number of aromatic nitrogens is 1. The molecule has 2 aromatic rings. The first-order valence-corrected chi connectivity index (χ1v) is 8.91. The maximum Gasteiger partial charge on any atom is 0.0705 e. The topological polar surface area (TPSA) is 24.9 Å². The first kappa shape index (κ1) is 16.3. The van der Waals surface area contributed by atoms with E-state index in [0.717, 1.165) is 28.8 Å². The number of hydrogen-bond acceptors (Lipinski definition) is 3. The van der Waals surface area contributed by atoms with E-state index in [1.807, 2.05) is 18.7 Å². The number of hydrogen-bond donors (Lipinski definition) is 1. The molecule has 2 unspecified atom stereocenters. The fourth-order valence-electron chi connectivity index (χ4n) is 2.36. The Morgan fingerprint density at radius 1 is 1.19 bits per heavy atom. The summed E-state index contributed by atoms with van der Waals surface area (Å²) in [6.07, 6.45) is 1.23. The van der Waals surface area contributed by atoms with Gasteiger partial charge in [0.15, 0.2) is 0 Å². The van der Waals surface area contributed by atoms with Crippen molar-refractivity contribution in [2.75, 3.05) is 12.3 Å². The minimum Gasteiger partial charge on any atom is -0.310 e. The molecule has 1 aromatic carbocycles. The molecule has 0 bridgehead atoms. The minimum atomic E-state index is 0.416. The molecule has 1 N–H and O–H groups in total. The Labute approximate surface area is 132 Å². The van der Waals surface area contributed by atoms with Gasteiger partial charge < -0.3 is 5.32 Å². The van der Waals surface area contributed by atoms with Gasteiger partial charge in [-0.15, -0.1) is 0 Å². The van der Waals surface area contributed by atoms with Crippen molar-refractivity contribution in [2.45, 2.75) is 45.4 Å². The van der Waals surface area contributed by atoms with Gasteiger partial charge in [0.25, 0.3) is 0 Å². The number of rotatable bonds is 7. The lowest BCUT2D eigenvalue weighted by Crippen LogP contribution is -2.23. The van der Waals surface area contributed by atoms with Crippen LogP contribution in [-0.4, -0.2) is 22.5 Å². The number of fused-ring (bicyclic) bond motifs is 1. The van der Waals surface area contributed by atoms with Crippen LogP contribution in [0, 0.1) is 6.92 Å². The lowest BCUT2D eigenvalue weighted by molar-refractivity contribution is 0.605. The monoisotopic (exact) mass is 302 g/mol. The van der Waals surface area contributed by atoms with Crippen LogP contribution in [0.5, 0.6) is 0 Å². The molecule has 0 amide bonds. The van der Waals surface area contributed by atoms with Gasteiger partial charge in [0.05, 0.1) is 5.52 Å². The molecule has 0 aliphatic rings. The summed E-state index contributed by atoms with van der Waals surface area (Å²) in [5.41, 5.74) is 3.53. The van der Waals surface area contributed by atoms with Crippen molar-refractivity contribution in [1.82, 2.24) is 10.3 Å². The zero-order chi connectivity index (χ0) is 15.2. The van der Waals surface area contributed by atoms with E-state index in [1.54, 1.807) is 0 Å². The zero-order valence-electron chi connectivity index (χ0n) is 13.5. The Hall–Kier alpha value is -1.06. The van der Waals surface area contributed by atoms with E-state index in [0.29, 0.717) is 6.04 Å². The lowest BCUT2D eigenvalue weighted by Gasteiger charge is -2.20. The van der Waals surface area contributed by atoms with Gasteiger partial charge in [-0.25, -0.2) is 0 Å². The highest BCUT2D eigenvalue weighted by Crippen LogP contribution is 2.25. The highest BCUT2D eigenvalue weighted by atomic mass is 32.2. The third-order valence-electron chi connectivity index (χ3n) is 3.83. The molecular formula is C18H26N2S. The molecule has 0 saturated heterocycles. The molecule has 2 rings (SSSR count).